The van der Waals surface area contributed by atoms with E-state index in [2.05, 4.69) is 4.98 Å². The third-order valence-corrected chi connectivity index (χ3v) is 5.63. The molecule has 0 spiro atoms. The van der Waals surface area contributed by atoms with Crippen LogP contribution in [0.15, 0.2) is 48.8 Å². The summed E-state index contributed by atoms with van der Waals surface area (Å²) in [7, 11) is 1.90. The van der Waals surface area contributed by atoms with Crippen LogP contribution in [0.1, 0.15) is 41.7 Å². The number of aliphatic hydroxyl groups excluding tert-OH is 1. The van der Waals surface area contributed by atoms with Gasteiger partial charge in [0.1, 0.15) is 6.23 Å². The van der Waals surface area contributed by atoms with Crippen LogP contribution in [0.3, 0.4) is 0 Å². The fourth-order valence-electron chi connectivity index (χ4n) is 4.20. The van der Waals surface area contributed by atoms with Crippen molar-refractivity contribution in [2.45, 2.75) is 31.2 Å². The SMILES string of the molecule is Cn1cc(C(O)N2CCC(c3ccccc3C(F)(F)F)CC2)c2ncccc21. The van der Waals surface area contributed by atoms with Gasteiger partial charge < -0.3 is 9.67 Å². The number of alkyl halides is 3. The van der Waals surface area contributed by atoms with Gasteiger partial charge in [-0.1, -0.05) is 18.2 Å². The maximum absolute atomic E-state index is 13.3. The molecule has 1 unspecified atom stereocenters. The molecule has 7 heteroatoms. The number of rotatable bonds is 3. The lowest BCUT2D eigenvalue weighted by Gasteiger charge is -2.35. The lowest BCUT2D eigenvalue weighted by molar-refractivity contribution is -0.138. The van der Waals surface area contributed by atoms with Crippen molar-refractivity contribution < 1.29 is 18.3 Å². The molecule has 4 nitrogen and oxygen atoms in total. The first-order chi connectivity index (χ1) is 13.4. The van der Waals surface area contributed by atoms with E-state index in [1.54, 1.807) is 18.3 Å². The quantitative estimate of drug-likeness (QED) is 0.719. The molecule has 0 bridgehead atoms. The highest BCUT2D eigenvalue weighted by molar-refractivity contribution is 5.79. The van der Waals surface area contributed by atoms with E-state index in [-0.39, 0.29) is 5.92 Å². The summed E-state index contributed by atoms with van der Waals surface area (Å²) in [5.41, 5.74) is 2.23. The molecule has 4 rings (SSSR count). The molecule has 3 heterocycles. The number of pyridine rings is 1. The second kappa shape index (κ2) is 7.22. The Balaban J connectivity index is 1.52. The predicted octanol–water partition coefficient (Wildman–Crippen LogP) is 4.46. The second-order valence-corrected chi connectivity index (χ2v) is 7.34. The Morgan fingerprint density at radius 1 is 1.11 bits per heavy atom. The fourth-order valence-corrected chi connectivity index (χ4v) is 4.20. The standard InChI is InChI=1S/C21H22F3N3O/c1-26-13-16(19-18(26)7-4-10-25-19)20(28)27-11-8-14(9-12-27)15-5-2-3-6-17(15)21(22,23)24/h2-7,10,13-14,20,28H,8-9,11-12H2,1H3. The van der Waals surface area contributed by atoms with Crippen molar-refractivity contribution >= 4 is 11.0 Å². The average molecular weight is 389 g/mol. The molecule has 1 aliphatic rings. The minimum Gasteiger partial charge on any atom is -0.374 e. The Hall–Kier alpha value is -2.38. The van der Waals surface area contributed by atoms with E-state index in [1.807, 2.05) is 34.8 Å². The summed E-state index contributed by atoms with van der Waals surface area (Å²) in [6.45, 7) is 1.06. The van der Waals surface area contributed by atoms with Gasteiger partial charge in [0, 0.05) is 38.1 Å². The van der Waals surface area contributed by atoms with Gasteiger partial charge in [-0.3, -0.25) is 9.88 Å². The summed E-state index contributed by atoms with van der Waals surface area (Å²) in [6, 6.07) is 9.61. The van der Waals surface area contributed by atoms with E-state index in [4.69, 9.17) is 0 Å². The first-order valence-corrected chi connectivity index (χ1v) is 9.34. The van der Waals surface area contributed by atoms with Crippen molar-refractivity contribution in [3.63, 3.8) is 0 Å². The summed E-state index contributed by atoms with van der Waals surface area (Å²) >= 11 is 0. The monoisotopic (exact) mass is 389 g/mol. The van der Waals surface area contributed by atoms with Crippen LogP contribution >= 0.6 is 0 Å². The van der Waals surface area contributed by atoms with Crippen molar-refractivity contribution in [2.75, 3.05) is 13.1 Å². The van der Waals surface area contributed by atoms with Crippen LogP contribution in [-0.4, -0.2) is 32.6 Å². The van der Waals surface area contributed by atoms with Crippen LogP contribution in [0.5, 0.6) is 0 Å². The Bertz CT molecular complexity index is 974. The molecular weight excluding hydrogens is 367 g/mol. The van der Waals surface area contributed by atoms with Gasteiger partial charge in [0.15, 0.2) is 0 Å². The van der Waals surface area contributed by atoms with Gasteiger partial charge in [-0.15, -0.1) is 0 Å². The fraction of sp³-hybridized carbons (Fsp3) is 0.381. The second-order valence-electron chi connectivity index (χ2n) is 7.34. The number of likely N-dealkylation sites (tertiary alicyclic amines) is 1. The molecule has 1 atom stereocenters. The number of fused-ring (bicyclic) bond motifs is 1. The lowest BCUT2D eigenvalue weighted by atomic mass is 9.86. The molecular formula is C21H22F3N3O. The van der Waals surface area contributed by atoms with Gasteiger partial charge in [-0.05, 0) is 42.5 Å². The highest BCUT2D eigenvalue weighted by Crippen LogP contribution is 2.39. The lowest BCUT2D eigenvalue weighted by Crippen LogP contribution is -2.36. The number of aliphatic hydroxyl groups is 1. The number of piperidine rings is 1. The highest BCUT2D eigenvalue weighted by Gasteiger charge is 2.36. The van der Waals surface area contributed by atoms with Gasteiger partial charge in [0.25, 0.3) is 0 Å². The van der Waals surface area contributed by atoms with E-state index in [1.165, 1.54) is 6.07 Å². The summed E-state index contributed by atoms with van der Waals surface area (Å²) in [5.74, 6) is -0.160. The molecule has 28 heavy (non-hydrogen) atoms. The molecule has 2 aromatic heterocycles. The van der Waals surface area contributed by atoms with Gasteiger partial charge in [0.05, 0.1) is 16.6 Å². The van der Waals surface area contributed by atoms with E-state index in [9.17, 15) is 18.3 Å². The number of hydrogen-bond acceptors (Lipinski definition) is 3. The summed E-state index contributed by atoms with van der Waals surface area (Å²) < 4.78 is 41.9. The Morgan fingerprint density at radius 2 is 1.82 bits per heavy atom. The Morgan fingerprint density at radius 3 is 2.54 bits per heavy atom. The number of aromatic nitrogens is 2. The molecule has 1 aromatic carbocycles. The zero-order valence-electron chi connectivity index (χ0n) is 15.5. The van der Waals surface area contributed by atoms with Crippen LogP contribution in [0.2, 0.25) is 0 Å². The van der Waals surface area contributed by atoms with Crippen molar-refractivity contribution in [3.05, 3.63) is 65.5 Å². The predicted molar refractivity (Wildman–Crippen MR) is 101 cm³/mol. The summed E-state index contributed by atoms with van der Waals surface area (Å²) in [6.07, 6.45) is -0.462. The van der Waals surface area contributed by atoms with E-state index in [0.29, 0.717) is 31.5 Å². The van der Waals surface area contributed by atoms with E-state index >= 15 is 0 Å². The normalized spacial score (nSPS) is 17.9. The number of nitrogens with zero attached hydrogens (tertiary/aromatic N) is 3. The summed E-state index contributed by atoms with van der Waals surface area (Å²) in [4.78, 5) is 6.30. The van der Waals surface area contributed by atoms with Crippen LogP contribution in [0.25, 0.3) is 11.0 Å². The first-order valence-electron chi connectivity index (χ1n) is 9.34. The number of aryl methyl sites for hydroxylation is 1. The van der Waals surface area contributed by atoms with Gasteiger partial charge in [-0.25, -0.2) is 0 Å². The molecule has 148 valence electrons. The topological polar surface area (TPSA) is 41.3 Å². The third-order valence-electron chi connectivity index (χ3n) is 5.63. The summed E-state index contributed by atoms with van der Waals surface area (Å²) in [5, 5.41) is 10.9. The number of benzene rings is 1. The van der Waals surface area contributed by atoms with Crippen LogP contribution in [0.4, 0.5) is 13.2 Å². The van der Waals surface area contributed by atoms with Crippen molar-refractivity contribution in [1.29, 1.82) is 0 Å². The molecule has 0 saturated carbocycles. The van der Waals surface area contributed by atoms with Crippen molar-refractivity contribution in [2.24, 2.45) is 7.05 Å². The molecule has 1 fully saturated rings. The Kier molecular flexibility index (Phi) is 4.89. The zero-order valence-corrected chi connectivity index (χ0v) is 15.5. The minimum absolute atomic E-state index is 0.160. The highest BCUT2D eigenvalue weighted by atomic mass is 19.4. The van der Waals surface area contributed by atoms with Crippen molar-refractivity contribution in [3.8, 4) is 0 Å². The maximum atomic E-state index is 13.3. The van der Waals surface area contributed by atoms with Gasteiger partial charge in [-0.2, -0.15) is 13.2 Å². The van der Waals surface area contributed by atoms with E-state index < -0.39 is 18.0 Å². The molecule has 0 aliphatic carbocycles. The average Bonchev–Trinajstić information content (AvgIpc) is 3.04. The molecule has 3 aromatic rings. The molecule has 1 aliphatic heterocycles. The molecule has 0 radical (unpaired) electrons. The maximum Gasteiger partial charge on any atom is 0.416 e. The molecule has 1 N–H and O–H groups in total. The Labute approximate surface area is 161 Å². The van der Waals surface area contributed by atoms with Crippen molar-refractivity contribution in [1.82, 2.24) is 14.5 Å². The van der Waals surface area contributed by atoms with Gasteiger partial charge >= 0.3 is 6.18 Å². The van der Waals surface area contributed by atoms with Crippen LogP contribution in [0, 0.1) is 0 Å². The third kappa shape index (κ3) is 3.40. The number of halogens is 3. The molecule has 1 saturated heterocycles. The number of hydrogen-bond donors (Lipinski definition) is 1. The minimum atomic E-state index is -4.35. The van der Waals surface area contributed by atoms with Crippen LogP contribution < -0.4 is 0 Å². The van der Waals surface area contributed by atoms with E-state index in [0.717, 1.165) is 22.7 Å². The zero-order chi connectivity index (χ0) is 19.9. The van der Waals surface area contributed by atoms with Gasteiger partial charge in [0.2, 0.25) is 0 Å². The smallest absolute Gasteiger partial charge is 0.374 e. The first kappa shape index (κ1) is 19.0. The van der Waals surface area contributed by atoms with Crippen LogP contribution in [-0.2, 0) is 13.2 Å². The molecule has 0 amide bonds. The largest absolute Gasteiger partial charge is 0.416 e.